The fraction of sp³-hybridized carbons (Fsp3) is 0.364. The molecule has 0 spiro atoms. The Morgan fingerprint density at radius 3 is 2.74 bits per heavy atom. The summed E-state index contributed by atoms with van der Waals surface area (Å²) in [7, 11) is 1.60. The average molecular weight is 385 g/mol. The first kappa shape index (κ1) is 19.4. The summed E-state index contributed by atoms with van der Waals surface area (Å²) in [4.78, 5) is 17.5. The van der Waals surface area contributed by atoms with Crippen LogP contribution in [0, 0.1) is 13.8 Å². The van der Waals surface area contributed by atoms with Gasteiger partial charge in [-0.3, -0.25) is 9.78 Å². The van der Waals surface area contributed by atoms with E-state index in [1.807, 2.05) is 13.8 Å². The number of hydrogen-bond acceptors (Lipinski definition) is 3. The average Bonchev–Trinajstić information content (AvgIpc) is 2.64. The van der Waals surface area contributed by atoms with Crippen LogP contribution in [0.15, 0.2) is 30.4 Å². The normalized spacial score (nSPS) is 16.1. The van der Waals surface area contributed by atoms with E-state index < -0.39 is 0 Å². The molecule has 0 radical (unpaired) electrons. The number of methoxy groups -OCH3 is 1. The predicted molar refractivity (Wildman–Crippen MR) is 109 cm³/mol. The first-order valence-corrected chi connectivity index (χ1v) is 9.63. The molecule has 0 unspecified atom stereocenters. The minimum Gasteiger partial charge on any atom is -0.496 e. The summed E-state index contributed by atoms with van der Waals surface area (Å²) >= 11 is 6.21. The molecule has 1 aliphatic rings. The van der Waals surface area contributed by atoms with E-state index in [-0.39, 0.29) is 5.91 Å². The third kappa shape index (κ3) is 4.51. The highest BCUT2D eigenvalue weighted by molar-refractivity contribution is 6.31. The summed E-state index contributed by atoms with van der Waals surface area (Å²) in [5.74, 6) is 0.491. The summed E-state index contributed by atoms with van der Waals surface area (Å²) < 4.78 is 5.47. The Hall–Kier alpha value is -2.33. The third-order valence-corrected chi connectivity index (χ3v) is 5.14. The first-order chi connectivity index (χ1) is 13.0. The molecule has 1 amide bonds. The molecule has 0 atom stereocenters. The number of pyridine rings is 1. The van der Waals surface area contributed by atoms with Crippen LogP contribution in [0.5, 0.6) is 5.75 Å². The van der Waals surface area contributed by atoms with E-state index in [2.05, 4.69) is 28.5 Å². The lowest BCUT2D eigenvalue weighted by Gasteiger charge is -2.16. The lowest BCUT2D eigenvalue weighted by molar-refractivity contribution is 0.0949. The number of nitrogens with one attached hydrogen (secondary N) is 1. The molecule has 1 aromatic carbocycles. The number of amides is 1. The Bertz CT molecular complexity index is 890. The van der Waals surface area contributed by atoms with Crippen molar-refractivity contribution in [2.24, 2.45) is 0 Å². The molecular formula is C22H25ClN2O2. The molecule has 1 N–H and O–H groups in total. The molecule has 2 heterocycles. The molecule has 0 saturated heterocycles. The van der Waals surface area contributed by atoms with Crippen molar-refractivity contribution in [3.05, 3.63) is 69.0 Å². The van der Waals surface area contributed by atoms with Gasteiger partial charge in [0, 0.05) is 34.1 Å². The Kier molecular flexibility index (Phi) is 6.17. The van der Waals surface area contributed by atoms with Gasteiger partial charge in [0.25, 0.3) is 5.91 Å². The number of benzene rings is 1. The van der Waals surface area contributed by atoms with Gasteiger partial charge in [0.15, 0.2) is 0 Å². The van der Waals surface area contributed by atoms with E-state index in [4.69, 9.17) is 16.3 Å². The van der Waals surface area contributed by atoms with Crippen molar-refractivity contribution in [3.8, 4) is 5.75 Å². The monoisotopic (exact) mass is 384 g/mol. The number of carbonyl (C=O) groups excluding carboxylic acids is 1. The number of fused-ring (bicyclic) bond motifs is 2. The second-order valence-electron chi connectivity index (χ2n) is 6.87. The van der Waals surface area contributed by atoms with Gasteiger partial charge in [-0.2, -0.15) is 0 Å². The Balaban J connectivity index is 2.02. The third-order valence-electron chi connectivity index (χ3n) is 4.92. The summed E-state index contributed by atoms with van der Waals surface area (Å²) in [6.45, 7) is 4.47. The van der Waals surface area contributed by atoms with E-state index in [0.29, 0.717) is 29.3 Å². The van der Waals surface area contributed by atoms with Crippen molar-refractivity contribution < 1.29 is 9.53 Å². The van der Waals surface area contributed by atoms with Gasteiger partial charge in [0.1, 0.15) is 5.75 Å². The van der Waals surface area contributed by atoms with Crippen molar-refractivity contribution >= 4 is 17.5 Å². The van der Waals surface area contributed by atoms with Crippen LogP contribution in [-0.2, 0) is 19.4 Å². The summed E-state index contributed by atoms with van der Waals surface area (Å²) in [5.41, 5.74) is 5.76. The topological polar surface area (TPSA) is 51.2 Å². The van der Waals surface area contributed by atoms with E-state index in [1.54, 1.807) is 19.2 Å². The van der Waals surface area contributed by atoms with E-state index >= 15 is 0 Å². The molecule has 2 aromatic rings. The van der Waals surface area contributed by atoms with Crippen molar-refractivity contribution in [2.45, 2.75) is 46.1 Å². The molecule has 0 bridgehead atoms. The second kappa shape index (κ2) is 8.57. The zero-order valence-corrected chi connectivity index (χ0v) is 16.8. The van der Waals surface area contributed by atoms with Gasteiger partial charge in [-0.05, 0) is 68.9 Å². The Morgan fingerprint density at radius 2 is 1.96 bits per heavy atom. The van der Waals surface area contributed by atoms with Gasteiger partial charge >= 0.3 is 0 Å². The molecular weight excluding hydrogens is 360 g/mol. The lowest BCUT2D eigenvalue weighted by atomic mass is 10.00. The van der Waals surface area contributed by atoms with Gasteiger partial charge in [-0.15, -0.1) is 0 Å². The quantitative estimate of drug-likeness (QED) is 0.723. The summed E-state index contributed by atoms with van der Waals surface area (Å²) in [5, 5.41) is 3.54. The van der Waals surface area contributed by atoms with Crippen molar-refractivity contribution in [2.75, 3.05) is 7.11 Å². The maximum absolute atomic E-state index is 12.9. The van der Waals surface area contributed by atoms with Crippen LogP contribution < -0.4 is 10.1 Å². The van der Waals surface area contributed by atoms with E-state index in [9.17, 15) is 4.79 Å². The largest absolute Gasteiger partial charge is 0.496 e. The molecule has 1 aliphatic heterocycles. The zero-order valence-electron chi connectivity index (χ0n) is 16.1. The van der Waals surface area contributed by atoms with Crippen LogP contribution in [0.25, 0.3) is 0 Å². The van der Waals surface area contributed by atoms with Crippen LogP contribution >= 0.6 is 11.6 Å². The number of halogens is 1. The molecule has 3 rings (SSSR count). The number of allylic oxidation sites excluding steroid dienone is 2. The van der Waals surface area contributed by atoms with Crippen LogP contribution in [0.2, 0.25) is 5.02 Å². The number of ether oxygens (including phenoxy) is 1. The van der Waals surface area contributed by atoms with Gasteiger partial charge in [-0.1, -0.05) is 23.8 Å². The maximum Gasteiger partial charge on any atom is 0.252 e. The van der Waals surface area contributed by atoms with Crippen LogP contribution in [-0.4, -0.2) is 18.0 Å². The molecule has 0 aliphatic carbocycles. The minimum atomic E-state index is -0.149. The fourth-order valence-corrected chi connectivity index (χ4v) is 3.81. The molecule has 27 heavy (non-hydrogen) atoms. The molecule has 4 nitrogen and oxygen atoms in total. The van der Waals surface area contributed by atoms with E-state index in [0.717, 1.165) is 41.8 Å². The molecule has 1 aromatic heterocycles. The molecule has 0 saturated carbocycles. The van der Waals surface area contributed by atoms with E-state index in [1.165, 1.54) is 5.56 Å². The highest BCUT2D eigenvalue weighted by Crippen LogP contribution is 2.29. The molecule has 5 heteroatoms. The Labute approximate surface area is 165 Å². The minimum absolute atomic E-state index is 0.149. The first-order valence-electron chi connectivity index (χ1n) is 9.25. The SMILES string of the molecule is COc1cc(Cl)cc2c1C/C=C/CCCc1cc(C)nc(C)c1CNC2=O. The van der Waals surface area contributed by atoms with Gasteiger partial charge in [-0.25, -0.2) is 0 Å². The predicted octanol–water partition coefficient (Wildman–Crippen LogP) is 4.73. The number of carbonyl (C=O) groups is 1. The smallest absolute Gasteiger partial charge is 0.252 e. The van der Waals surface area contributed by atoms with Crippen LogP contribution in [0.1, 0.15) is 51.3 Å². The summed E-state index contributed by atoms with van der Waals surface area (Å²) in [6, 6.07) is 5.60. The second-order valence-corrected chi connectivity index (χ2v) is 7.31. The highest BCUT2D eigenvalue weighted by atomic mass is 35.5. The number of rotatable bonds is 1. The lowest BCUT2D eigenvalue weighted by Crippen LogP contribution is -2.25. The summed E-state index contributed by atoms with van der Waals surface area (Å²) in [6.07, 6.45) is 7.94. The van der Waals surface area contributed by atoms with Crippen molar-refractivity contribution in [3.63, 3.8) is 0 Å². The van der Waals surface area contributed by atoms with Crippen molar-refractivity contribution in [1.82, 2.24) is 10.3 Å². The number of hydrogen-bond donors (Lipinski definition) is 1. The molecule has 142 valence electrons. The van der Waals surface area contributed by atoms with Crippen LogP contribution in [0.4, 0.5) is 0 Å². The Morgan fingerprint density at radius 1 is 1.15 bits per heavy atom. The van der Waals surface area contributed by atoms with Gasteiger partial charge in [0.2, 0.25) is 0 Å². The molecule has 0 fully saturated rings. The number of aromatic nitrogens is 1. The highest BCUT2D eigenvalue weighted by Gasteiger charge is 2.18. The maximum atomic E-state index is 12.9. The number of nitrogens with zero attached hydrogens (tertiary/aromatic N) is 1. The fourth-order valence-electron chi connectivity index (χ4n) is 3.60. The standard InChI is InChI=1S/C22H25ClN2O2/c1-14-10-16-8-6-4-5-7-9-18-19(11-17(23)12-21(18)27-3)22(26)24-13-20(16)15(2)25-14/h5,7,10-12H,4,6,8-9,13H2,1-3H3,(H,24,26)/b7-5+. The van der Waals surface area contributed by atoms with Crippen LogP contribution in [0.3, 0.4) is 0 Å². The van der Waals surface area contributed by atoms with Gasteiger partial charge in [0.05, 0.1) is 7.11 Å². The zero-order chi connectivity index (χ0) is 19.4. The van der Waals surface area contributed by atoms with Crippen molar-refractivity contribution in [1.29, 1.82) is 0 Å². The number of aryl methyl sites for hydroxylation is 3. The van der Waals surface area contributed by atoms with Gasteiger partial charge < -0.3 is 10.1 Å².